The summed E-state index contributed by atoms with van der Waals surface area (Å²) in [5.74, 6) is -5.19. The van der Waals surface area contributed by atoms with Gasteiger partial charge in [0.1, 0.15) is 23.2 Å². The Morgan fingerprint density at radius 3 is 2.48 bits per heavy atom. The Morgan fingerprint density at radius 1 is 1.10 bits per heavy atom. The molecule has 0 radical (unpaired) electrons. The topological polar surface area (TPSA) is 144 Å². The van der Waals surface area contributed by atoms with Gasteiger partial charge in [0.25, 0.3) is 0 Å². The van der Waals surface area contributed by atoms with E-state index in [1.807, 2.05) is 0 Å². The molecule has 0 unspecified atom stereocenters. The van der Waals surface area contributed by atoms with Crippen LogP contribution in [0.1, 0.15) is 34.9 Å². The average molecular weight is 428 g/mol. The molecule has 31 heavy (non-hydrogen) atoms. The molecule has 2 aromatic rings. The van der Waals surface area contributed by atoms with E-state index in [4.69, 9.17) is 13.9 Å². The number of hydrogen-bond donors (Lipinski definition) is 3. The maximum Gasteiger partial charge on any atom is 0.342 e. The molecule has 9 heteroatoms. The summed E-state index contributed by atoms with van der Waals surface area (Å²) in [6, 6.07) is 10.2. The Hall–Kier alpha value is -3.01. The molecule has 0 spiro atoms. The van der Waals surface area contributed by atoms with Crippen molar-refractivity contribution in [3.63, 3.8) is 0 Å². The summed E-state index contributed by atoms with van der Waals surface area (Å²) in [5.41, 5.74) is -7.84. The zero-order valence-corrected chi connectivity index (χ0v) is 16.5. The van der Waals surface area contributed by atoms with Gasteiger partial charge in [-0.15, -0.1) is 0 Å². The minimum Gasteiger partial charge on any atom is -0.496 e. The number of methoxy groups -OCH3 is 1. The van der Waals surface area contributed by atoms with E-state index < -0.39 is 52.1 Å². The standard InChI is InChI=1S/C22H20O9/c1-29-12-7-14(31-15(23)8-12)17-20(26)9-13-10-21(17,27)22(28,19(25)30-13)18(20)16(24)11-5-3-2-4-6-11/h2-8,13,17-18,26-28H,9-10H2,1H3/t13-,17-,18+,20-,21+,22+/m0/s1. The lowest BCUT2D eigenvalue weighted by Gasteiger charge is -2.49. The van der Waals surface area contributed by atoms with Crippen LogP contribution in [0.5, 0.6) is 5.75 Å². The summed E-state index contributed by atoms with van der Waals surface area (Å²) in [4.78, 5) is 38.4. The molecule has 5 rings (SSSR count). The number of fused-ring (bicyclic) bond motifs is 2. The van der Waals surface area contributed by atoms with Crippen LogP contribution in [0.15, 0.2) is 51.7 Å². The third-order valence-electron chi connectivity index (χ3n) is 6.84. The molecule has 2 aliphatic carbocycles. The first kappa shape index (κ1) is 19.9. The molecule has 162 valence electrons. The zero-order valence-electron chi connectivity index (χ0n) is 16.5. The molecule has 1 saturated heterocycles. The normalized spacial score (nSPS) is 38.1. The van der Waals surface area contributed by atoms with Gasteiger partial charge in [-0.3, -0.25) is 4.79 Å². The number of hydrogen-bond acceptors (Lipinski definition) is 9. The number of carbonyl (C=O) groups is 2. The molecule has 1 aromatic carbocycles. The molecule has 0 amide bonds. The predicted molar refractivity (Wildman–Crippen MR) is 102 cm³/mol. The summed E-state index contributed by atoms with van der Waals surface area (Å²) in [7, 11) is 1.33. The molecule has 1 aliphatic heterocycles. The lowest BCUT2D eigenvalue weighted by atomic mass is 9.67. The summed E-state index contributed by atoms with van der Waals surface area (Å²) >= 11 is 0. The van der Waals surface area contributed by atoms with Crippen LogP contribution in [0, 0.1) is 5.92 Å². The quantitative estimate of drug-likeness (QED) is 0.458. The largest absolute Gasteiger partial charge is 0.496 e. The second kappa shape index (κ2) is 6.25. The van der Waals surface area contributed by atoms with E-state index in [2.05, 4.69) is 0 Å². The molecule has 3 N–H and O–H groups in total. The molecule has 3 bridgehead atoms. The van der Waals surface area contributed by atoms with Crippen LogP contribution in [-0.4, -0.2) is 57.1 Å². The highest BCUT2D eigenvalue weighted by atomic mass is 16.6. The fraction of sp³-hybridized carbons (Fsp3) is 0.409. The second-order valence-corrected chi connectivity index (χ2v) is 8.43. The summed E-state index contributed by atoms with van der Waals surface area (Å²) in [6.07, 6.45) is -1.37. The number of Topliss-reactive ketones (excluding diaryl/α,β-unsaturated/α-hetero) is 1. The number of aliphatic hydroxyl groups is 3. The SMILES string of the molecule is COc1cc([C@H]2[C@@]3(O)C[C@H]4C[C@]2(O)[C@](O)(C(=O)O4)[C@@H]3C(=O)c2ccccc2)oc(=O)c1. The van der Waals surface area contributed by atoms with Crippen molar-refractivity contribution in [2.75, 3.05) is 7.11 Å². The number of esters is 1. The molecule has 6 atom stereocenters. The van der Waals surface area contributed by atoms with Gasteiger partial charge in [0.2, 0.25) is 5.60 Å². The summed E-state index contributed by atoms with van der Waals surface area (Å²) in [6.45, 7) is 0. The lowest BCUT2D eigenvalue weighted by molar-refractivity contribution is -0.234. The Morgan fingerprint density at radius 2 is 1.81 bits per heavy atom. The lowest BCUT2D eigenvalue weighted by Crippen LogP contribution is -2.67. The van der Waals surface area contributed by atoms with E-state index >= 15 is 0 Å². The number of rotatable bonds is 4. The number of ether oxygens (including phenoxy) is 2. The maximum atomic E-state index is 13.5. The van der Waals surface area contributed by atoms with Gasteiger partial charge in [-0.1, -0.05) is 30.3 Å². The van der Waals surface area contributed by atoms with Crippen LogP contribution >= 0.6 is 0 Å². The third-order valence-corrected chi connectivity index (χ3v) is 6.84. The highest BCUT2D eigenvalue weighted by Crippen LogP contribution is 2.67. The van der Waals surface area contributed by atoms with Crippen LogP contribution in [0.25, 0.3) is 0 Å². The highest BCUT2D eigenvalue weighted by molar-refractivity contribution is 6.04. The third kappa shape index (κ3) is 2.39. The molecular formula is C22H20O9. The van der Waals surface area contributed by atoms with E-state index in [1.165, 1.54) is 25.3 Å². The highest BCUT2D eigenvalue weighted by Gasteiger charge is 2.85. The first-order chi connectivity index (χ1) is 14.6. The van der Waals surface area contributed by atoms with Crippen LogP contribution in [0.3, 0.4) is 0 Å². The minimum absolute atomic E-state index is 0.106. The van der Waals surface area contributed by atoms with Crippen molar-refractivity contribution >= 4 is 11.8 Å². The molecule has 3 aliphatic rings. The van der Waals surface area contributed by atoms with Gasteiger partial charge in [-0.2, -0.15) is 0 Å². The van der Waals surface area contributed by atoms with Crippen molar-refractivity contribution in [1.82, 2.24) is 0 Å². The van der Waals surface area contributed by atoms with Gasteiger partial charge in [0, 0.05) is 24.5 Å². The van der Waals surface area contributed by atoms with Crippen molar-refractivity contribution in [1.29, 1.82) is 0 Å². The fourth-order valence-corrected chi connectivity index (χ4v) is 5.72. The van der Waals surface area contributed by atoms with E-state index in [0.29, 0.717) is 0 Å². The van der Waals surface area contributed by atoms with Crippen molar-refractivity contribution in [3.8, 4) is 5.75 Å². The van der Waals surface area contributed by atoms with E-state index in [1.54, 1.807) is 18.2 Å². The fourth-order valence-electron chi connectivity index (χ4n) is 5.72. The van der Waals surface area contributed by atoms with Gasteiger partial charge in [0.05, 0.1) is 30.6 Å². The number of ketones is 1. The smallest absolute Gasteiger partial charge is 0.342 e. The molecule has 3 fully saturated rings. The Labute approximate surface area is 175 Å². The molecular weight excluding hydrogens is 408 g/mol. The van der Waals surface area contributed by atoms with Gasteiger partial charge in [-0.05, 0) is 0 Å². The summed E-state index contributed by atoms with van der Waals surface area (Å²) in [5, 5.41) is 35.1. The summed E-state index contributed by atoms with van der Waals surface area (Å²) < 4.78 is 15.6. The Bertz CT molecular complexity index is 1140. The average Bonchev–Trinajstić information content (AvgIpc) is 2.76. The first-order valence-electron chi connectivity index (χ1n) is 9.81. The van der Waals surface area contributed by atoms with Crippen LogP contribution in [0.2, 0.25) is 0 Å². The maximum absolute atomic E-state index is 13.5. The number of carbonyl (C=O) groups excluding carboxylic acids is 2. The monoisotopic (exact) mass is 428 g/mol. The van der Waals surface area contributed by atoms with Crippen LogP contribution < -0.4 is 10.4 Å². The Balaban J connectivity index is 1.76. The van der Waals surface area contributed by atoms with Crippen LogP contribution in [-0.2, 0) is 9.53 Å². The molecule has 2 heterocycles. The van der Waals surface area contributed by atoms with E-state index in [0.717, 1.165) is 6.07 Å². The number of benzene rings is 1. The van der Waals surface area contributed by atoms with Gasteiger partial charge >= 0.3 is 11.6 Å². The Kier molecular flexibility index (Phi) is 4.02. The van der Waals surface area contributed by atoms with Crippen LogP contribution in [0.4, 0.5) is 0 Å². The van der Waals surface area contributed by atoms with E-state index in [-0.39, 0.29) is 29.9 Å². The zero-order chi connectivity index (χ0) is 22.2. The van der Waals surface area contributed by atoms with Crippen molar-refractivity contribution in [2.45, 2.75) is 41.7 Å². The second-order valence-electron chi connectivity index (χ2n) is 8.43. The van der Waals surface area contributed by atoms with Crippen molar-refractivity contribution < 1.29 is 38.8 Å². The molecule has 1 aromatic heterocycles. The van der Waals surface area contributed by atoms with Crippen molar-refractivity contribution in [3.05, 3.63) is 64.2 Å². The van der Waals surface area contributed by atoms with Gasteiger partial charge in [-0.25, -0.2) is 9.59 Å². The van der Waals surface area contributed by atoms with Gasteiger partial charge in [0.15, 0.2) is 5.78 Å². The predicted octanol–water partition coefficient (Wildman–Crippen LogP) is 0.157. The van der Waals surface area contributed by atoms with E-state index in [9.17, 15) is 29.7 Å². The molecule has 9 nitrogen and oxygen atoms in total. The minimum atomic E-state index is -2.74. The van der Waals surface area contributed by atoms with Crippen molar-refractivity contribution in [2.24, 2.45) is 5.92 Å². The van der Waals surface area contributed by atoms with Gasteiger partial charge < -0.3 is 29.2 Å². The molecule has 2 saturated carbocycles. The first-order valence-corrected chi connectivity index (χ1v) is 9.81.